The highest BCUT2D eigenvalue weighted by atomic mass is 35.5. The average molecular weight is 319 g/mol. The summed E-state index contributed by atoms with van der Waals surface area (Å²) in [5.74, 6) is -0.0791. The van der Waals surface area contributed by atoms with Gasteiger partial charge in [-0.05, 0) is 24.3 Å². The number of nitrogens with zero attached hydrogens (tertiary/aromatic N) is 3. The smallest absolute Gasteiger partial charge is 0.256 e. The first-order chi connectivity index (χ1) is 10.1. The Labute approximate surface area is 130 Å². The van der Waals surface area contributed by atoms with Crippen LogP contribution in [-0.4, -0.2) is 20.9 Å². The van der Waals surface area contributed by atoms with Crippen molar-refractivity contribution in [3.63, 3.8) is 0 Å². The predicted molar refractivity (Wildman–Crippen MR) is 81.7 cm³/mol. The summed E-state index contributed by atoms with van der Waals surface area (Å²) in [6.07, 6.45) is 4.58. The molecule has 0 saturated heterocycles. The van der Waals surface area contributed by atoms with Gasteiger partial charge in [0, 0.05) is 24.2 Å². The van der Waals surface area contributed by atoms with E-state index in [9.17, 15) is 4.79 Å². The lowest BCUT2D eigenvalue weighted by Gasteiger charge is -2.07. The van der Waals surface area contributed by atoms with Crippen LogP contribution in [0.25, 0.3) is 11.0 Å². The van der Waals surface area contributed by atoms with Gasteiger partial charge in [0.15, 0.2) is 5.82 Å². The zero-order valence-electron chi connectivity index (χ0n) is 10.5. The number of carbonyl (C=O) groups is 1. The molecule has 0 fully saturated rings. The third-order valence-electron chi connectivity index (χ3n) is 2.77. The third-order valence-corrected chi connectivity index (χ3v) is 3.27. The Morgan fingerprint density at radius 3 is 2.52 bits per heavy atom. The number of carbonyl (C=O) groups excluding carboxylic acids is 1. The summed E-state index contributed by atoms with van der Waals surface area (Å²) in [6, 6.07) is 6.56. The molecule has 3 aromatic rings. The van der Waals surface area contributed by atoms with Gasteiger partial charge in [-0.2, -0.15) is 0 Å². The normalized spacial score (nSPS) is 10.6. The zero-order chi connectivity index (χ0) is 14.8. The molecular formula is C14H8Cl2N4O. The summed E-state index contributed by atoms with van der Waals surface area (Å²) < 4.78 is 0. The van der Waals surface area contributed by atoms with Crippen LogP contribution < -0.4 is 5.32 Å². The number of halogens is 2. The van der Waals surface area contributed by atoms with E-state index in [1.54, 1.807) is 30.6 Å². The van der Waals surface area contributed by atoms with Crippen LogP contribution in [-0.2, 0) is 0 Å². The minimum atomic E-state index is -0.334. The van der Waals surface area contributed by atoms with E-state index < -0.39 is 0 Å². The fraction of sp³-hybridized carbons (Fsp3) is 0. The van der Waals surface area contributed by atoms with Crippen LogP contribution >= 0.6 is 23.2 Å². The molecule has 0 saturated carbocycles. The van der Waals surface area contributed by atoms with Gasteiger partial charge in [-0.25, -0.2) is 4.98 Å². The van der Waals surface area contributed by atoms with Crippen molar-refractivity contribution in [1.29, 1.82) is 0 Å². The van der Waals surface area contributed by atoms with Gasteiger partial charge in [-0.1, -0.05) is 23.2 Å². The van der Waals surface area contributed by atoms with Crippen LogP contribution in [0.3, 0.4) is 0 Å². The Kier molecular flexibility index (Phi) is 3.68. The predicted octanol–water partition coefficient (Wildman–Crippen LogP) is 3.58. The third kappa shape index (κ3) is 2.94. The molecular weight excluding hydrogens is 311 g/mol. The van der Waals surface area contributed by atoms with Crippen molar-refractivity contribution >= 4 is 46.0 Å². The van der Waals surface area contributed by atoms with Crippen molar-refractivity contribution < 1.29 is 4.79 Å². The molecule has 2 heterocycles. The number of nitrogens with one attached hydrogen (secondary N) is 1. The van der Waals surface area contributed by atoms with E-state index in [-0.39, 0.29) is 16.7 Å². The number of aromatic nitrogens is 3. The number of rotatable bonds is 2. The molecule has 0 aliphatic rings. The van der Waals surface area contributed by atoms with Gasteiger partial charge in [0.25, 0.3) is 5.91 Å². The first-order valence-electron chi connectivity index (χ1n) is 5.96. The van der Waals surface area contributed by atoms with Crippen LogP contribution in [0.15, 0.2) is 42.9 Å². The van der Waals surface area contributed by atoms with E-state index in [0.717, 1.165) is 5.52 Å². The van der Waals surface area contributed by atoms with E-state index in [2.05, 4.69) is 20.3 Å². The number of hydrogen-bond acceptors (Lipinski definition) is 4. The van der Waals surface area contributed by atoms with Crippen molar-refractivity contribution in [2.24, 2.45) is 0 Å². The van der Waals surface area contributed by atoms with Crippen LogP contribution in [0.5, 0.6) is 0 Å². The number of pyridine rings is 1. The maximum Gasteiger partial charge on any atom is 0.256 e. The van der Waals surface area contributed by atoms with Gasteiger partial charge in [-0.15, -0.1) is 0 Å². The molecule has 0 aliphatic carbocycles. The molecule has 7 heteroatoms. The highest BCUT2D eigenvalue weighted by Crippen LogP contribution is 2.23. The Bertz CT molecular complexity index is 838. The van der Waals surface area contributed by atoms with Gasteiger partial charge in [-0.3, -0.25) is 14.8 Å². The zero-order valence-corrected chi connectivity index (χ0v) is 12.1. The van der Waals surface area contributed by atoms with Crippen molar-refractivity contribution in [3.05, 3.63) is 58.5 Å². The monoisotopic (exact) mass is 318 g/mol. The molecule has 0 aliphatic heterocycles. The fourth-order valence-electron chi connectivity index (χ4n) is 1.79. The van der Waals surface area contributed by atoms with E-state index in [1.807, 2.05) is 0 Å². The standard InChI is InChI=1S/C14H8Cl2N4O/c15-9-6-10(16)13(19-7-9)20-14(21)8-1-2-11-12(5-8)18-4-3-17-11/h1-7H,(H,19,20,21). The summed E-state index contributed by atoms with van der Waals surface area (Å²) >= 11 is 11.7. The summed E-state index contributed by atoms with van der Waals surface area (Å²) in [7, 11) is 0. The molecule has 21 heavy (non-hydrogen) atoms. The second-order valence-corrected chi connectivity index (χ2v) is 5.04. The van der Waals surface area contributed by atoms with Gasteiger partial charge >= 0.3 is 0 Å². The van der Waals surface area contributed by atoms with Crippen molar-refractivity contribution in [2.75, 3.05) is 5.32 Å². The molecule has 0 spiro atoms. The second kappa shape index (κ2) is 5.63. The number of anilines is 1. The highest BCUT2D eigenvalue weighted by Gasteiger charge is 2.11. The Hall–Kier alpha value is -2.24. The molecule has 3 rings (SSSR count). The van der Waals surface area contributed by atoms with Crippen LogP contribution in [0.1, 0.15) is 10.4 Å². The quantitative estimate of drug-likeness (QED) is 0.784. The lowest BCUT2D eigenvalue weighted by molar-refractivity contribution is 0.102. The van der Waals surface area contributed by atoms with Crippen LogP contribution in [0, 0.1) is 0 Å². The van der Waals surface area contributed by atoms with Gasteiger partial charge < -0.3 is 5.32 Å². The average Bonchev–Trinajstić information content (AvgIpc) is 2.49. The van der Waals surface area contributed by atoms with Crippen molar-refractivity contribution in [3.8, 4) is 0 Å². The molecule has 1 amide bonds. The SMILES string of the molecule is O=C(Nc1ncc(Cl)cc1Cl)c1ccc2nccnc2c1. The lowest BCUT2D eigenvalue weighted by Crippen LogP contribution is -2.13. The first kappa shape index (κ1) is 13.7. The minimum absolute atomic E-state index is 0.255. The van der Waals surface area contributed by atoms with Gasteiger partial charge in [0.2, 0.25) is 0 Å². The molecule has 1 aromatic carbocycles. The van der Waals surface area contributed by atoms with Crippen LogP contribution in [0.4, 0.5) is 5.82 Å². The van der Waals surface area contributed by atoms with Gasteiger partial charge in [0.1, 0.15) is 0 Å². The Morgan fingerprint density at radius 1 is 1.00 bits per heavy atom. The number of amides is 1. The molecule has 5 nitrogen and oxygen atoms in total. The molecule has 104 valence electrons. The summed E-state index contributed by atoms with van der Waals surface area (Å²) in [5.41, 5.74) is 1.80. The number of benzene rings is 1. The highest BCUT2D eigenvalue weighted by molar-refractivity contribution is 6.36. The van der Waals surface area contributed by atoms with E-state index in [1.165, 1.54) is 12.3 Å². The lowest BCUT2D eigenvalue weighted by atomic mass is 10.2. The summed E-state index contributed by atoms with van der Waals surface area (Å²) in [6.45, 7) is 0. The molecule has 0 radical (unpaired) electrons. The maximum absolute atomic E-state index is 12.2. The van der Waals surface area contributed by atoms with E-state index in [4.69, 9.17) is 23.2 Å². The van der Waals surface area contributed by atoms with Crippen LogP contribution in [0.2, 0.25) is 10.0 Å². The fourth-order valence-corrected chi connectivity index (χ4v) is 2.22. The maximum atomic E-state index is 12.2. The van der Waals surface area contributed by atoms with Crippen molar-refractivity contribution in [2.45, 2.75) is 0 Å². The second-order valence-electron chi connectivity index (χ2n) is 4.20. The molecule has 0 unspecified atom stereocenters. The topological polar surface area (TPSA) is 67.8 Å². The molecule has 2 aromatic heterocycles. The van der Waals surface area contributed by atoms with E-state index in [0.29, 0.717) is 16.1 Å². The number of hydrogen-bond donors (Lipinski definition) is 1. The van der Waals surface area contributed by atoms with Gasteiger partial charge in [0.05, 0.1) is 21.1 Å². The largest absolute Gasteiger partial charge is 0.305 e. The summed E-state index contributed by atoms with van der Waals surface area (Å²) in [5, 5.41) is 3.31. The van der Waals surface area contributed by atoms with E-state index >= 15 is 0 Å². The molecule has 0 atom stereocenters. The Balaban J connectivity index is 1.89. The summed E-state index contributed by atoms with van der Waals surface area (Å²) in [4.78, 5) is 24.5. The number of fused-ring (bicyclic) bond motifs is 1. The molecule has 1 N–H and O–H groups in total. The molecule has 0 bridgehead atoms. The Morgan fingerprint density at radius 2 is 1.76 bits per heavy atom. The minimum Gasteiger partial charge on any atom is -0.305 e. The van der Waals surface area contributed by atoms with Crippen molar-refractivity contribution in [1.82, 2.24) is 15.0 Å². The first-order valence-corrected chi connectivity index (χ1v) is 6.72.